The molecule has 1 aliphatic carbocycles. The van der Waals surface area contributed by atoms with E-state index in [1.54, 1.807) is 6.07 Å². The number of carbonyl (C=O) groups excluding carboxylic acids is 1. The number of rotatable bonds is 7. The Balaban J connectivity index is 1.45. The van der Waals surface area contributed by atoms with Gasteiger partial charge in [-0.1, -0.05) is 36.2 Å². The molecule has 0 radical (unpaired) electrons. The van der Waals surface area contributed by atoms with Gasteiger partial charge in [-0.3, -0.25) is 4.79 Å². The minimum absolute atomic E-state index is 0.0118. The van der Waals surface area contributed by atoms with Crippen LogP contribution in [0, 0.1) is 5.41 Å². The van der Waals surface area contributed by atoms with Crippen LogP contribution in [-0.2, 0) is 10.0 Å². The maximum absolute atomic E-state index is 13.3. The normalized spacial score (nSPS) is 15.4. The van der Waals surface area contributed by atoms with Gasteiger partial charge in [-0.15, -0.1) is 5.10 Å². The summed E-state index contributed by atoms with van der Waals surface area (Å²) in [7, 11) is -4.11. The average molecular weight is 515 g/mol. The van der Waals surface area contributed by atoms with Crippen LogP contribution in [0.5, 0.6) is 5.88 Å². The van der Waals surface area contributed by atoms with Crippen molar-refractivity contribution in [2.75, 3.05) is 6.61 Å². The molecule has 34 heavy (non-hydrogen) atoms. The number of nitrogens with zero attached hydrogens (tertiary/aromatic N) is 3. The number of hydrogen-bond acceptors (Lipinski definition) is 6. The Morgan fingerprint density at radius 2 is 1.85 bits per heavy atom. The Bertz CT molecular complexity index is 1310. The lowest BCUT2D eigenvalue weighted by Crippen LogP contribution is -2.48. The van der Waals surface area contributed by atoms with Gasteiger partial charge in [0, 0.05) is 12.3 Å². The zero-order valence-electron chi connectivity index (χ0n) is 17.4. The lowest BCUT2D eigenvalue weighted by atomic mass is 9.69. The fraction of sp³-hybridized carbons (Fsp3) is 0.286. The largest absolute Gasteiger partial charge is 0.476 e. The number of ether oxygens (including phenoxy) is 1. The van der Waals surface area contributed by atoms with Crippen molar-refractivity contribution in [3.63, 3.8) is 0 Å². The Hall–Kier alpha value is -3.12. The molecule has 8 nitrogen and oxygen atoms in total. The summed E-state index contributed by atoms with van der Waals surface area (Å²) in [5.74, 6) is -0.851. The summed E-state index contributed by atoms with van der Waals surface area (Å²) in [6.07, 6.45) is -2.43. The molecule has 0 unspecified atom stereocenters. The van der Waals surface area contributed by atoms with E-state index in [1.807, 2.05) is 4.72 Å². The van der Waals surface area contributed by atoms with Crippen molar-refractivity contribution >= 4 is 27.5 Å². The Morgan fingerprint density at radius 3 is 2.44 bits per heavy atom. The molecule has 3 aromatic rings. The highest BCUT2D eigenvalue weighted by molar-refractivity contribution is 7.90. The first kappa shape index (κ1) is 24.0. The smallest absolute Gasteiger partial charge is 0.397 e. The van der Waals surface area contributed by atoms with Crippen LogP contribution >= 0.6 is 11.6 Å². The number of sulfonamides is 1. The Morgan fingerprint density at radius 1 is 1.15 bits per heavy atom. The van der Waals surface area contributed by atoms with Crippen LogP contribution < -0.4 is 9.46 Å². The van der Waals surface area contributed by atoms with E-state index in [2.05, 4.69) is 10.1 Å². The number of halogens is 4. The van der Waals surface area contributed by atoms with Crippen molar-refractivity contribution in [3.05, 3.63) is 65.4 Å². The van der Waals surface area contributed by atoms with Crippen LogP contribution in [0.2, 0.25) is 5.15 Å². The van der Waals surface area contributed by atoms with Crippen LogP contribution in [0.25, 0.3) is 5.82 Å². The van der Waals surface area contributed by atoms with Crippen molar-refractivity contribution < 1.29 is 31.1 Å². The summed E-state index contributed by atoms with van der Waals surface area (Å²) < 4.78 is 72.9. The highest BCUT2D eigenvalue weighted by Crippen LogP contribution is 2.53. The van der Waals surface area contributed by atoms with Crippen LogP contribution in [-0.4, -0.2) is 41.9 Å². The second-order valence-electron chi connectivity index (χ2n) is 7.77. The molecule has 0 atom stereocenters. The molecule has 0 saturated heterocycles. The lowest BCUT2D eigenvalue weighted by Gasteiger charge is -2.42. The molecule has 1 amide bonds. The molecule has 0 spiro atoms. The van der Waals surface area contributed by atoms with E-state index in [0.717, 1.165) is 0 Å². The molecule has 13 heteroatoms. The maximum atomic E-state index is 13.3. The van der Waals surface area contributed by atoms with E-state index in [4.69, 9.17) is 16.3 Å². The molecule has 1 aliphatic rings. The number of carbonyl (C=O) groups is 1. The molecule has 1 fully saturated rings. The third-order valence-electron chi connectivity index (χ3n) is 5.57. The molecule has 1 saturated carbocycles. The quantitative estimate of drug-likeness (QED) is 0.475. The zero-order valence-corrected chi connectivity index (χ0v) is 19.0. The lowest BCUT2D eigenvalue weighted by molar-refractivity contribution is -0.259. The summed E-state index contributed by atoms with van der Waals surface area (Å²) in [5.41, 5.74) is -2.04. The Labute approximate surface area is 197 Å². The standard InChI is InChI=1S/C21H18ClF3N4O4S/c22-18-15(19(30)28-34(31,32)14-5-2-1-3-6-14)7-8-16(26-18)29-12-9-17(27-29)33-13-20(10-4-11-20)21(23,24)25/h1-3,5-9,12H,4,10-11,13H2,(H,28,30). The molecular formula is C21H18ClF3N4O4S. The van der Waals surface area contributed by atoms with E-state index in [-0.39, 0.29) is 40.2 Å². The first-order valence-corrected chi connectivity index (χ1v) is 11.9. The van der Waals surface area contributed by atoms with Crippen LogP contribution in [0.4, 0.5) is 13.2 Å². The number of pyridine rings is 1. The predicted octanol–water partition coefficient (Wildman–Crippen LogP) is 4.15. The van der Waals surface area contributed by atoms with E-state index >= 15 is 0 Å². The number of nitrogens with one attached hydrogen (secondary N) is 1. The van der Waals surface area contributed by atoms with Gasteiger partial charge in [-0.2, -0.15) is 13.2 Å². The number of benzene rings is 1. The Kier molecular flexibility index (Phi) is 6.30. The number of aromatic nitrogens is 3. The van der Waals surface area contributed by atoms with Crippen molar-refractivity contribution in [3.8, 4) is 11.7 Å². The van der Waals surface area contributed by atoms with Gasteiger partial charge in [-0.25, -0.2) is 22.8 Å². The topological polar surface area (TPSA) is 103 Å². The zero-order chi connectivity index (χ0) is 24.6. The van der Waals surface area contributed by atoms with Gasteiger partial charge < -0.3 is 4.74 Å². The molecule has 1 N–H and O–H groups in total. The molecule has 0 aliphatic heterocycles. The maximum Gasteiger partial charge on any atom is 0.397 e. The first-order valence-electron chi connectivity index (χ1n) is 10.1. The van der Waals surface area contributed by atoms with Gasteiger partial charge in [0.1, 0.15) is 17.2 Å². The molecule has 4 rings (SSSR count). The van der Waals surface area contributed by atoms with Gasteiger partial charge in [0.2, 0.25) is 5.88 Å². The van der Waals surface area contributed by atoms with Gasteiger partial charge in [0.25, 0.3) is 15.9 Å². The van der Waals surface area contributed by atoms with Crippen LogP contribution in [0.15, 0.2) is 59.6 Å². The summed E-state index contributed by atoms with van der Waals surface area (Å²) in [4.78, 5) is 16.4. The van der Waals surface area contributed by atoms with E-state index in [0.29, 0.717) is 6.42 Å². The van der Waals surface area contributed by atoms with E-state index in [1.165, 1.54) is 53.3 Å². The molecular weight excluding hydrogens is 497 g/mol. The molecule has 180 valence electrons. The molecule has 2 aromatic heterocycles. The van der Waals surface area contributed by atoms with Crippen LogP contribution in [0.3, 0.4) is 0 Å². The van der Waals surface area contributed by atoms with E-state index < -0.39 is 34.1 Å². The first-order chi connectivity index (χ1) is 16.0. The summed E-state index contributed by atoms with van der Waals surface area (Å²) in [5, 5.41) is 3.76. The van der Waals surface area contributed by atoms with Crippen molar-refractivity contribution in [1.82, 2.24) is 19.5 Å². The summed E-state index contributed by atoms with van der Waals surface area (Å²) in [6, 6.07) is 11.3. The number of alkyl halides is 3. The average Bonchev–Trinajstić information content (AvgIpc) is 3.21. The fourth-order valence-electron chi connectivity index (χ4n) is 3.39. The van der Waals surface area contributed by atoms with Gasteiger partial charge in [0.15, 0.2) is 5.82 Å². The minimum Gasteiger partial charge on any atom is -0.476 e. The van der Waals surface area contributed by atoms with Gasteiger partial charge in [0.05, 0.1) is 10.5 Å². The fourth-order valence-corrected chi connectivity index (χ4v) is 4.62. The predicted molar refractivity (Wildman–Crippen MR) is 115 cm³/mol. The molecule has 2 heterocycles. The second kappa shape index (κ2) is 8.91. The highest BCUT2D eigenvalue weighted by atomic mass is 35.5. The van der Waals surface area contributed by atoms with Crippen molar-refractivity contribution in [2.24, 2.45) is 5.41 Å². The monoisotopic (exact) mass is 514 g/mol. The SMILES string of the molecule is O=C(NS(=O)(=O)c1ccccc1)c1ccc(-n2ccc(OCC3(C(F)(F)F)CCC3)n2)nc1Cl. The number of hydrogen-bond donors (Lipinski definition) is 1. The molecule has 1 aromatic carbocycles. The van der Waals surface area contributed by atoms with Crippen molar-refractivity contribution in [2.45, 2.75) is 30.3 Å². The number of amides is 1. The van der Waals surface area contributed by atoms with Gasteiger partial charge >= 0.3 is 6.18 Å². The minimum atomic E-state index is -4.35. The summed E-state index contributed by atoms with van der Waals surface area (Å²) >= 11 is 6.09. The van der Waals surface area contributed by atoms with Gasteiger partial charge in [-0.05, 0) is 37.1 Å². The third-order valence-corrected chi connectivity index (χ3v) is 7.20. The van der Waals surface area contributed by atoms with E-state index in [9.17, 15) is 26.4 Å². The third kappa shape index (κ3) is 4.73. The summed E-state index contributed by atoms with van der Waals surface area (Å²) in [6.45, 7) is -0.531. The van der Waals surface area contributed by atoms with Crippen LogP contribution in [0.1, 0.15) is 29.6 Å². The van der Waals surface area contributed by atoms with Crippen molar-refractivity contribution in [1.29, 1.82) is 0 Å². The molecule has 0 bridgehead atoms. The second-order valence-corrected chi connectivity index (χ2v) is 9.81. The highest BCUT2D eigenvalue weighted by Gasteiger charge is 2.58.